The van der Waals surface area contributed by atoms with Crippen LogP contribution in [0.1, 0.15) is 0 Å². The third-order valence-corrected chi connectivity index (χ3v) is 1.38. The lowest BCUT2D eigenvalue weighted by atomic mass is 10.8. The molecule has 0 aromatic rings. The van der Waals surface area contributed by atoms with Crippen LogP contribution in [0.25, 0.3) is 0 Å². The second-order valence-corrected chi connectivity index (χ2v) is 1.99. The van der Waals surface area contributed by atoms with E-state index in [-0.39, 0.29) is 0 Å². The lowest BCUT2D eigenvalue weighted by Crippen LogP contribution is -2.08. The minimum Gasteiger partial charge on any atom is -0.360 e. The van der Waals surface area contributed by atoms with Gasteiger partial charge in [-0.15, -0.1) is 0 Å². The smallest absolute Gasteiger partial charge is 0.339 e. The van der Waals surface area contributed by atoms with Crippen molar-refractivity contribution in [2.24, 2.45) is 0 Å². The first kappa shape index (κ1) is 7.29. The Morgan fingerprint density at radius 3 is 2.43 bits per heavy atom. The summed E-state index contributed by atoms with van der Waals surface area (Å²) in [6.07, 6.45) is 0. The highest BCUT2D eigenvalue weighted by atomic mass is 127. The lowest BCUT2D eigenvalue weighted by Gasteiger charge is -1.95. The van der Waals surface area contributed by atoms with Crippen molar-refractivity contribution in [2.75, 3.05) is 7.11 Å². The molecule has 1 atom stereocenters. The zero-order valence-electron chi connectivity index (χ0n) is 3.65. The van der Waals surface area contributed by atoms with Gasteiger partial charge in [-0.3, -0.25) is 4.79 Å². The van der Waals surface area contributed by atoms with Crippen LogP contribution in [0, 0.1) is 0 Å². The van der Waals surface area contributed by atoms with Crippen LogP contribution in [0.4, 0.5) is 4.39 Å². The molecule has 0 amide bonds. The zero-order chi connectivity index (χ0) is 5.86. The summed E-state index contributed by atoms with van der Waals surface area (Å²) in [4.78, 5) is 9.58. The first-order valence-electron chi connectivity index (χ1n) is 1.54. The van der Waals surface area contributed by atoms with Crippen LogP contribution in [0.3, 0.4) is 0 Å². The standard InChI is InChI=1S/C3H4FIO2/c1-7-3(5)2(4)6/h3H,1H3. The van der Waals surface area contributed by atoms with Gasteiger partial charge in [-0.05, 0) is 22.6 Å². The second-order valence-electron chi connectivity index (χ2n) is 0.856. The van der Waals surface area contributed by atoms with Gasteiger partial charge >= 0.3 is 6.04 Å². The minimum absolute atomic E-state index is 0.933. The molecule has 0 spiro atoms. The Morgan fingerprint density at radius 2 is 2.43 bits per heavy atom. The van der Waals surface area contributed by atoms with Crippen molar-refractivity contribution in [2.45, 2.75) is 4.11 Å². The topological polar surface area (TPSA) is 26.3 Å². The van der Waals surface area contributed by atoms with E-state index in [1.807, 2.05) is 0 Å². The molecule has 0 aromatic heterocycles. The third kappa shape index (κ3) is 2.93. The molecule has 0 aliphatic carbocycles. The van der Waals surface area contributed by atoms with Gasteiger partial charge in [-0.1, -0.05) is 0 Å². The molecule has 0 bridgehead atoms. The molecule has 0 aromatic carbocycles. The Labute approximate surface area is 54.2 Å². The van der Waals surface area contributed by atoms with E-state index >= 15 is 0 Å². The molecule has 0 aliphatic rings. The van der Waals surface area contributed by atoms with Crippen molar-refractivity contribution in [3.8, 4) is 0 Å². The maximum atomic E-state index is 11.3. The van der Waals surface area contributed by atoms with E-state index in [0.717, 1.165) is 0 Å². The van der Waals surface area contributed by atoms with Crippen molar-refractivity contribution in [3.05, 3.63) is 0 Å². The van der Waals surface area contributed by atoms with Crippen molar-refractivity contribution in [1.82, 2.24) is 0 Å². The maximum absolute atomic E-state index is 11.3. The molecule has 0 saturated carbocycles. The van der Waals surface area contributed by atoms with Crippen LogP contribution in [0.15, 0.2) is 0 Å². The molecular weight excluding hydrogens is 214 g/mol. The van der Waals surface area contributed by atoms with Crippen LogP contribution >= 0.6 is 22.6 Å². The van der Waals surface area contributed by atoms with Crippen molar-refractivity contribution >= 4 is 28.6 Å². The molecule has 0 rings (SSSR count). The Balaban J connectivity index is 3.34. The van der Waals surface area contributed by atoms with Crippen LogP contribution in [0.2, 0.25) is 0 Å². The van der Waals surface area contributed by atoms with E-state index in [1.54, 1.807) is 22.6 Å². The average Bonchev–Trinajstić information content (AvgIpc) is 1.65. The molecule has 0 N–H and O–H groups in total. The predicted octanol–water partition coefficient (Wildman–Crippen LogP) is 0.890. The van der Waals surface area contributed by atoms with Crippen molar-refractivity contribution in [3.63, 3.8) is 0 Å². The monoisotopic (exact) mass is 218 g/mol. The Hall–Kier alpha value is 0.290. The van der Waals surface area contributed by atoms with Gasteiger partial charge in [0.25, 0.3) is 0 Å². The van der Waals surface area contributed by atoms with Crippen LogP contribution in [-0.4, -0.2) is 17.3 Å². The molecule has 4 heteroatoms. The summed E-state index contributed by atoms with van der Waals surface area (Å²) in [7, 11) is 1.27. The number of carbonyl (C=O) groups excluding carboxylic acids is 1. The van der Waals surface area contributed by atoms with Gasteiger partial charge in [-0.25, -0.2) is 0 Å². The quantitative estimate of drug-likeness (QED) is 0.390. The summed E-state index contributed by atoms with van der Waals surface area (Å²) >= 11 is 1.55. The fourth-order valence-corrected chi connectivity index (χ4v) is 0.0927. The summed E-state index contributed by atoms with van der Waals surface area (Å²) in [6.45, 7) is 0. The van der Waals surface area contributed by atoms with Crippen LogP contribution in [0.5, 0.6) is 0 Å². The van der Waals surface area contributed by atoms with Crippen LogP contribution in [-0.2, 0) is 9.53 Å². The molecule has 0 heterocycles. The molecule has 7 heavy (non-hydrogen) atoms. The first-order chi connectivity index (χ1) is 3.18. The molecule has 0 saturated heterocycles. The van der Waals surface area contributed by atoms with Gasteiger partial charge < -0.3 is 4.74 Å². The van der Waals surface area contributed by atoms with Crippen LogP contribution < -0.4 is 0 Å². The largest absolute Gasteiger partial charge is 0.360 e. The number of alkyl halides is 1. The van der Waals surface area contributed by atoms with E-state index in [0.29, 0.717) is 0 Å². The number of rotatable bonds is 2. The van der Waals surface area contributed by atoms with E-state index in [4.69, 9.17) is 0 Å². The van der Waals surface area contributed by atoms with Gasteiger partial charge in [0, 0.05) is 7.11 Å². The van der Waals surface area contributed by atoms with Crippen molar-refractivity contribution in [1.29, 1.82) is 0 Å². The number of hydrogen-bond acceptors (Lipinski definition) is 2. The highest BCUT2D eigenvalue weighted by Crippen LogP contribution is 2.01. The summed E-state index contributed by atoms with van der Waals surface area (Å²) in [6, 6.07) is -1.44. The van der Waals surface area contributed by atoms with Gasteiger partial charge in [0.1, 0.15) is 0 Å². The Morgan fingerprint density at radius 1 is 2.00 bits per heavy atom. The fraction of sp³-hybridized carbons (Fsp3) is 0.667. The number of hydrogen-bond donors (Lipinski definition) is 0. The van der Waals surface area contributed by atoms with Gasteiger partial charge in [0.2, 0.25) is 0 Å². The molecule has 0 aliphatic heterocycles. The van der Waals surface area contributed by atoms with E-state index < -0.39 is 10.1 Å². The fourth-order valence-electron chi connectivity index (χ4n) is 0.0927. The minimum atomic E-state index is -1.44. The summed E-state index contributed by atoms with van der Waals surface area (Å²) < 4.78 is 14.7. The third-order valence-electron chi connectivity index (χ3n) is 0.385. The molecule has 1 unspecified atom stereocenters. The predicted molar refractivity (Wildman–Crippen MR) is 30.9 cm³/mol. The molecule has 0 fully saturated rings. The second kappa shape index (κ2) is 3.31. The molecule has 2 nitrogen and oxygen atoms in total. The molecule has 42 valence electrons. The first-order valence-corrected chi connectivity index (χ1v) is 2.79. The van der Waals surface area contributed by atoms with Gasteiger partial charge in [0.05, 0.1) is 0 Å². The molecular formula is C3H4FIO2. The highest BCUT2D eigenvalue weighted by Gasteiger charge is 2.09. The average molecular weight is 218 g/mol. The van der Waals surface area contributed by atoms with Gasteiger partial charge in [0.15, 0.2) is 4.11 Å². The molecule has 0 radical (unpaired) electrons. The normalized spacial score (nSPS) is 13.6. The highest BCUT2D eigenvalue weighted by molar-refractivity contribution is 14.1. The summed E-state index contributed by atoms with van der Waals surface area (Å²) in [5, 5.41) is 0. The van der Waals surface area contributed by atoms with Crippen molar-refractivity contribution < 1.29 is 13.9 Å². The van der Waals surface area contributed by atoms with E-state index in [2.05, 4.69) is 4.74 Å². The summed E-state index contributed by atoms with van der Waals surface area (Å²) in [5.74, 6) is 0. The zero-order valence-corrected chi connectivity index (χ0v) is 5.81. The lowest BCUT2D eigenvalue weighted by molar-refractivity contribution is -0.134. The number of ether oxygens (including phenoxy) is 1. The number of halogens is 2. The van der Waals surface area contributed by atoms with E-state index in [1.165, 1.54) is 7.11 Å². The Kier molecular flexibility index (Phi) is 3.45. The SMILES string of the molecule is COC(I)C(=O)F. The number of carbonyl (C=O) groups is 1. The van der Waals surface area contributed by atoms with Gasteiger partial charge in [-0.2, -0.15) is 4.39 Å². The summed E-state index contributed by atoms with van der Waals surface area (Å²) in [5.41, 5.74) is 0. The maximum Gasteiger partial charge on any atom is 0.339 e. The Bertz CT molecular complexity index is 75.3. The van der Waals surface area contributed by atoms with E-state index in [9.17, 15) is 9.18 Å². The number of methoxy groups -OCH3 is 1.